The van der Waals surface area contributed by atoms with Gasteiger partial charge >= 0.3 is 51.4 Å². The molecule has 0 fully saturated rings. The van der Waals surface area contributed by atoms with Gasteiger partial charge in [-0.1, -0.05) is 36.4 Å². The third-order valence-electron chi connectivity index (χ3n) is 3.25. The fraction of sp³-hybridized carbons (Fsp3) is 0. The summed E-state index contributed by atoms with van der Waals surface area (Å²) in [6.45, 7) is 0. The molecule has 0 atom stereocenters. The SMILES string of the molecule is Nc1ccc([N-]Oc2ccc(-c3ccc(N)cc3)cc2)cc1.[K+]. The molecule has 23 heavy (non-hydrogen) atoms. The van der Waals surface area contributed by atoms with Gasteiger partial charge in [0.2, 0.25) is 0 Å². The molecule has 0 aliphatic carbocycles. The molecule has 3 aromatic rings. The Morgan fingerprint density at radius 1 is 0.609 bits per heavy atom. The molecule has 0 unspecified atom stereocenters. The van der Waals surface area contributed by atoms with Crippen LogP contribution in [0, 0.1) is 0 Å². The number of hydrogen-bond acceptors (Lipinski definition) is 3. The van der Waals surface area contributed by atoms with E-state index in [1.165, 1.54) is 0 Å². The van der Waals surface area contributed by atoms with Crippen LogP contribution < -0.4 is 67.7 Å². The Balaban J connectivity index is 0.00000192. The molecule has 0 saturated heterocycles. The first-order chi connectivity index (χ1) is 10.7. The summed E-state index contributed by atoms with van der Waals surface area (Å²) >= 11 is 0. The first kappa shape index (κ1) is 17.8. The van der Waals surface area contributed by atoms with Crippen molar-refractivity contribution in [1.29, 1.82) is 0 Å². The van der Waals surface area contributed by atoms with Crippen molar-refractivity contribution in [3.8, 4) is 16.9 Å². The van der Waals surface area contributed by atoms with E-state index >= 15 is 0 Å². The molecule has 0 aromatic heterocycles. The number of anilines is 2. The van der Waals surface area contributed by atoms with E-state index in [-0.39, 0.29) is 51.4 Å². The maximum atomic E-state index is 5.69. The van der Waals surface area contributed by atoms with E-state index in [2.05, 4.69) is 5.48 Å². The van der Waals surface area contributed by atoms with E-state index in [4.69, 9.17) is 16.3 Å². The smallest absolute Gasteiger partial charge is 0.557 e. The molecule has 4 nitrogen and oxygen atoms in total. The molecule has 0 spiro atoms. The molecule has 0 bridgehead atoms. The van der Waals surface area contributed by atoms with E-state index in [9.17, 15) is 0 Å². The fourth-order valence-corrected chi connectivity index (χ4v) is 2.02. The van der Waals surface area contributed by atoms with Crippen molar-refractivity contribution in [3.63, 3.8) is 0 Å². The van der Waals surface area contributed by atoms with Crippen molar-refractivity contribution >= 4 is 17.1 Å². The van der Waals surface area contributed by atoms with Crippen LogP contribution in [0.4, 0.5) is 17.1 Å². The standard InChI is InChI=1S/C18H16N3O.K/c19-15-5-1-13(2-6-15)14-3-11-18(12-4-14)22-21-17-9-7-16(20)8-10-17;/h1-12H,19-20H2;/q-1;+1. The Labute approximate surface area is 178 Å². The van der Waals surface area contributed by atoms with Crippen molar-refractivity contribution in [1.82, 2.24) is 0 Å². The van der Waals surface area contributed by atoms with E-state index in [1.807, 2.05) is 48.5 Å². The van der Waals surface area contributed by atoms with Crippen LogP contribution >= 0.6 is 0 Å². The number of nitrogen functional groups attached to an aromatic ring is 2. The average molecular weight is 329 g/mol. The zero-order valence-corrected chi connectivity index (χ0v) is 16.1. The van der Waals surface area contributed by atoms with Gasteiger partial charge in [-0.05, 0) is 47.5 Å². The number of nitrogens with zero attached hydrogens (tertiary/aromatic N) is 1. The fourth-order valence-electron chi connectivity index (χ4n) is 2.02. The molecule has 0 aliphatic rings. The zero-order valence-electron chi connectivity index (χ0n) is 12.9. The van der Waals surface area contributed by atoms with Gasteiger partial charge in [0.15, 0.2) is 0 Å². The van der Waals surface area contributed by atoms with Crippen LogP contribution in [0.15, 0.2) is 72.8 Å². The Morgan fingerprint density at radius 3 is 1.57 bits per heavy atom. The first-order valence-electron chi connectivity index (χ1n) is 6.90. The van der Waals surface area contributed by atoms with E-state index in [0.717, 1.165) is 22.5 Å². The Morgan fingerprint density at radius 2 is 1.04 bits per heavy atom. The quantitative estimate of drug-likeness (QED) is 0.433. The third kappa shape index (κ3) is 4.99. The molecular weight excluding hydrogens is 313 g/mol. The molecule has 0 saturated carbocycles. The second-order valence-electron chi connectivity index (χ2n) is 4.92. The van der Waals surface area contributed by atoms with Crippen LogP contribution in [0.25, 0.3) is 16.6 Å². The normalized spacial score (nSPS) is 9.74. The summed E-state index contributed by atoms with van der Waals surface area (Å²) in [5, 5.41) is 0. The van der Waals surface area contributed by atoms with E-state index < -0.39 is 0 Å². The molecule has 110 valence electrons. The number of rotatable bonds is 4. The molecule has 0 radical (unpaired) electrons. The second kappa shape index (κ2) is 8.38. The summed E-state index contributed by atoms with van der Waals surface area (Å²) in [6.07, 6.45) is 0. The molecule has 5 heteroatoms. The van der Waals surface area contributed by atoms with Crippen molar-refractivity contribution in [2.75, 3.05) is 11.5 Å². The van der Waals surface area contributed by atoms with Crippen LogP contribution in [0.5, 0.6) is 5.75 Å². The molecule has 0 heterocycles. The van der Waals surface area contributed by atoms with Gasteiger partial charge in [0, 0.05) is 11.4 Å². The Kier molecular flexibility index (Phi) is 6.50. The van der Waals surface area contributed by atoms with Crippen LogP contribution in [0.1, 0.15) is 0 Å². The van der Waals surface area contributed by atoms with Crippen molar-refractivity contribution < 1.29 is 56.2 Å². The molecular formula is C18H16KN3O. The molecule has 0 aliphatic heterocycles. The Hall–Kier alpha value is -1.50. The van der Waals surface area contributed by atoms with Crippen molar-refractivity contribution in [3.05, 3.63) is 78.3 Å². The minimum absolute atomic E-state index is 0. The van der Waals surface area contributed by atoms with Gasteiger partial charge in [-0.3, -0.25) is 0 Å². The van der Waals surface area contributed by atoms with Gasteiger partial charge in [-0.15, -0.1) is 5.69 Å². The van der Waals surface area contributed by atoms with Crippen LogP contribution in [0.2, 0.25) is 0 Å². The Bertz CT molecular complexity index is 741. The van der Waals surface area contributed by atoms with Crippen LogP contribution in [0.3, 0.4) is 0 Å². The number of nitrogens with two attached hydrogens (primary N) is 2. The maximum absolute atomic E-state index is 5.69. The predicted molar refractivity (Wildman–Crippen MR) is 90.8 cm³/mol. The van der Waals surface area contributed by atoms with E-state index in [0.29, 0.717) is 11.4 Å². The molecule has 3 rings (SSSR count). The van der Waals surface area contributed by atoms with Crippen LogP contribution in [-0.2, 0) is 0 Å². The predicted octanol–water partition coefficient (Wildman–Crippen LogP) is 1.52. The first-order valence-corrected chi connectivity index (χ1v) is 6.90. The van der Waals surface area contributed by atoms with Crippen molar-refractivity contribution in [2.45, 2.75) is 0 Å². The summed E-state index contributed by atoms with van der Waals surface area (Å²) in [6, 6.07) is 22.7. The summed E-state index contributed by atoms with van der Waals surface area (Å²) in [4.78, 5) is 5.41. The van der Waals surface area contributed by atoms with Gasteiger partial charge in [-0.25, -0.2) is 0 Å². The number of hydrogen-bond donors (Lipinski definition) is 2. The largest absolute Gasteiger partial charge is 1.00 e. The van der Waals surface area contributed by atoms with E-state index in [1.54, 1.807) is 24.3 Å². The molecule has 3 aromatic carbocycles. The van der Waals surface area contributed by atoms with Gasteiger partial charge in [0.1, 0.15) is 5.75 Å². The van der Waals surface area contributed by atoms with Crippen molar-refractivity contribution in [2.24, 2.45) is 0 Å². The maximum Gasteiger partial charge on any atom is 1.00 e. The monoisotopic (exact) mass is 329 g/mol. The second-order valence-corrected chi connectivity index (χ2v) is 4.92. The zero-order chi connectivity index (χ0) is 15.4. The van der Waals surface area contributed by atoms with Crippen LogP contribution in [-0.4, -0.2) is 0 Å². The van der Waals surface area contributed by atoms with Gasteiger partial charge < -0.3 is 21.8 Å². The minimum Gasteiger partial charge on any atom is -0.557 e. The topological polar surface area (TPSA) is 75.4 Å². The average Bonchev–Trinajstić information content (AvgIpc) is 2.56. The third-order valence-corrected chi connectivity index (χ3v) is 3.25. The molecule has 0 amide bonds. The minimum atomic E-state index is 0. The van der Waals surface area contributed by atoms with Gasteiger partial charge in [0.05, 0.1) is 0 Å². The molecule has 4 N–H and O–H groups in total. The van der Waals surface area contributed by atoms with Gasteiger partial charge in [0.25, 0.3) is 0 Å². The summed E-state index contributed by atoms with van der Waals surface area (Å²) < 4.78 is 0. The summed E-state index contributed by atoms with van der Waals surface area (Å²) in [5.74, 6) is 0.677. The number of benzene rings is 3. The summed E-state index contributed by atoms with van der Waals surface area (Å²) in [7, 11) is 0. The van der Waals surface area contributed by atoms with Gasteiger partial charge in [-0.2, -0.15) is 0 Å². The summed E-state index contributed by atoms with van der Waals surface area (Å²) in [5.41, 5.74) is 19.8.